The third-order valence-corrected chi connectivity index (χ3v) is 2.88. The highest BCUT2D eigenvalue weighted by atomic mass is 79.9. The van der Waals surface area contributed by atoms with E-state index < -0.39 is 0 Å². The second-order valence-electron chi connectivity index (χ2n) is 3.73. The summed E-state index contributed by atoms with van der Waals surface area (Å²) < 4.78 is 2.90. The molecule has 0 unspecified atom stereocenters. The molecule has 0 radical (unpaired) electrons. The third kappa shape index (κ3) is 4.30. The molecule has 17 heavy (non-hydrogen) atoms. The van der Waals surface area contributed by atoms with Crippen LogP contribution in [0.3, 0.4) is 0 Å². The smallest absolute Gasteiger partial charge is 0.157 e. The zero-order chi connectivity index (χ0) is 12.8. The van der Waals surface area contributed by atoms with Crippen LogP contribution in [0, 0.1) is 0 Å². The van der Waals surface area contributed by atoms with E-state index in [1.54, 1.807) is 6.08 Å². The largest absolute Gasteiger partial charge is 0.336 e. The monoisotopic (exact) mass is 296 g/mol. The van der Waals surface area contributed by atoms with Crippen molar-refractivity contribution in [2.24, 2.45) is 12.0 Å². The molecule has 0 amide bonds. The second kappa shape index (κ2) is 6.55. The molecule has 0 saturated heterocycles. The van der Waals surface area contributed by atoms with Crippen LogP contribution < -0.4 is 5.49 Å². The maximum absolute atomic E-state index is 11.4. The molecule has 0 bridgehead atoms. The minimum absolute atomic E-state index is 0.114. The van der Waals surface area contributed by atoms with Crippen LogP contribution in [0.5, 0.6) is 0 Å². The topological polar surface area (TPSA) is 34.4 Å². The number of hydrogen-bond acceptors (Lipinski definition) is 2. The molecule has 0 aliphatic carbocycles. The van der Waals surface area contributed by atoms with Gasteiger partial charge in [-0.05, 0) is 18.6 Å². The summed E-state index contributed by atoms with van der Waals surface area (Å²) in [6.07, 6.45) is 4.82. The summed E-state index contributed by atoms with van der Waals surface area (Å²) in [5.41, 5.74) is 1.64. The second-order valence-corrected chi connectivity index (χ2v) is 4.65. The predicted octanol–water partition coefficient (Wildman–Crippen LogP) is 2.96. The van der Waals surface area contributed by atoms with Gasteiger partial charge in [-0.3, -0.25) is 4.79 Å². The molecule has 1 aromatic rings. The zero-order valence-corrected chi connectivity index (χ0v) is 12.0. The van der Waals surface area contributed by atoms with E-state index in [9.17, 15) is 4.79 Å². The molecule has 0 spiro atoms. The van der Waals surface area contributed by atoms with Crippen molar-refractivity contribution < 1.29 is 4.79 Å². The van der Waals surface area contributed by atoms with E-state index in [2.05, 4.69) is 20.9 Å². The number of nitrogens with zero attached hydrogens (tertiary/aromatic N) is 2. The first kappa shape index (κ1) is 13.9. The van der Waals surface area contributed by atoms with Crippen molar-refractivity contribution >= 4 is 21.7 Å². The number of carbonyl (C=O) groups is 1. The Morgan fingerprint density at radius 3 is 2.76 bits per heavy atom. The molecule has 0 N–H and O–H groups in total. The number of rotatable bonds is 4. The first-order valence-electron chi connectivity index (χ1n) is 5.67. The van der Waals surface area contributed by atoms with E-state index in [1.807, 2.05) is 43.8 Å². The van der Waals surface area contributed by atoms with E-state index >= 15 is 0 Å². The molecular weight excluding hydrogens is 280 g/mol. The molecular formula is C13H17BrN2O. The summed E-state index contributed by atoms with van der Waals surface area (Å²) in [7, 11) is 1.93. The van der Waals surface area contributed by atoms with Crippen molar-refractivity contribution in [3.63, 3.8) is 0 Å². The average molecular weight is 297 g/mol. The van der Waals surface area contributed by atoms with E-state index in [0.29, 0.717) is 6.42 Å². The van der Waals surface area contributed by atoms with Gasteiger partial charge in [0, 0.05) is 35.9 Å². The van der Waals surface area contributed by atoms with Crippen LogP contribution in [0.4, 0.5) is 0 Å². The molecule has 0 atom stereocenters. The van der Waals surface area contributed by atoms with Crippen LogP contribution in [0.2, 0.25) is 0 Å². The Kier molecular flexibility index (Phi) is 5.35. The van der Waals surface area contributed by atoms with Gasteiger partial charge in [-0.2, -0.15) is 0 Å². The van der Waals surface area contributed by atoms with Crippen LogP contribution in [0.15, 0.2) is 39.6 Å². The number of allylic oxidation sites excluding steroid dienone is 2. The molecule has 3 nitrogen and oxygen atoms in total. The fourth-order valence-electron chi connectivity index (χ4n) is 1.29. The van der Waals surface area contributed by atoms with Crippen LogP contribution in [-0.4, -0.2) is 10.4 Å². The van der Waals surface area contributed by atoms with E-state index in [0.717, 1.165) is 22.1 Å². The SMILES string of the molecule is CCC(=O)/C=C(CC)/N=c1/cc(Br)ccn1C. The summed E-state index contributed by atoms with van der Waals surface area (Å²) in [5, 5.41) is 0. The number of aryl methyl sites for hydroxylation is 1. The summed E-state index contributed by atoms with van der Waals surface area (Å²) >= 11 is 3.41. The maximum atomic E-state index is 11.4. The van der Waals surface area contributed by atoms with Crippen molar-refractivity contribution in [1.82, 2.24) is 4.57 Å². The van der Waals surface area contributed by atoms with Gasteiger partial charge in [0.25, 0.3) is 0 Å². The van der Waals surface area contributed by atoms with Crippen LogP contribution >= 0.6 is 15.9 Å². The van der Waals surface area contributed by atoms with Gasteiger partial charge in [0.05, 0.1) is 0 Å². The quantitative estimate of drug-likeness (QED) is 0.787. The van der Waals surface area contributed by atoms with Crippen molar-refractivity contribution in [1.29, 1.82) is 0 Å². The lowest BCUT2D eigenvalue weighted by atomic mass is 10.2. The van der Waals surface area contributed by atoms with Crippen molar-refractivity contribution in [2.45, 2.75) is 26.7 Å². The highest BCUT2D eigenvalue weighted by Gasteiger charge is 1.98. The van der Waals surface area contributed by atoms with Gasteiger partial charge in [-0.25, -0.2) is 4.99 Å². The number of halogens is 1. The molecule has 0 fully saturated rings. The Labute approximate surface area is 110 Å². The molecule has 0 aromatic carbocycles. The van der Waals surface area contributed by atoms with Gasteiger partial charge >= 0.3 is 0 Å². The third-order valence-electron chi connectivity index (χ3n) is 2.38. The Morgan fingerprint density at radius 2 is 2.18 bits per heavy atom. The molecule has 0 saturated carbocycles. The predicted molar refractivity (Wildman–Crippen MR) is 72.3 cm³/mol. The zero-order valence-electron chi connectivity index (χ0n) is 10.4. The van der Waals surface area contributed by atoms with Gasteiger partial charge in [0.2, 0.25) is 0 Å². The maximum Gasteiger partial charge on any atom is 0.157 e. The van der Waals surface area contributed by atoms with E-state index in [1.165, 1.54) is 0 Å². The van der Waals surface area contributed by atoms with Gasteiger partial charge in [0.15, 0.2) is 5.78 Å². The molecule has 92 valence electrons. The first-order chi connectivity index (χ1) is 8.06. The minimum atomic E-state index is 0.114. The van der Waals surface area contributed by atoms with Gasteiger partial charge < -0.3 is 4.57 Å². The van der Waals surface area contributed by atoms with Gasteiger partial charge in [-0.1, -0.05) is 29.8 Å². The van der Waals surface area contributed by atoms with Gasteiger partial charge in [0.1, 0.15) is 5.49 Å². The van der Waals surface area contributed by atoms with E-state index in [4.69, 9.17) is 0 Å². The summed E-state index contributed by atoms with van der Waals surface area (Å²) in [6, 6.07) is 3.88. The first-order valence-corrected chi connectivity index (χ1v) is 6.46. The van der Waals surface area contributed by atoms with Crippen molar-refractivity contribution in [3.8, 4) is 0 Å². The number of pyridine rings is 1. The molecule has 4 heteroatoms. The Morgan fingerprint density at radius 1 is 1.47 bits per heavy atom. The number of ketones is 1. The van der Waals surface area contributed by atoms with Crippen LogP contribution in [0.25, 0.3) is 0 Å². The molecule has 1 heterocycles. The Hall–Kier alpha value is -1.16. The van der Waals surface area contributed by atoms with Crippen molar-refractivity contribution in [3.05, 3.63) is 40.1 Å². The van der Waals surface area contributed by atoms with Crippen LogP contribution in [-0.2, 0) is 11.8 Å². The van der Waals surface area contributed by atoms with E-state index in [-0.39, 0.29) is 5.78 Å². The normalized spacial score (nSPS) is 12.9. The summed E-state index contributed by atoms with van der Waals surface area (Å²) in [5.74, 6) is 0.114. The van der Waals surface area contributed by atoms with Gasteiger partial charge in [-0.15, -0.1) is 0 Å². The van der Waals surface area contributed by atoms with Crippen molar-refractivity contribution in [2.75, 3.05) is 0 Å². The lowest BCUT2D eigenvalue weighted by Crippen LogP contribution is -2.16. The Bertz CT molecular complexity index is 500. The fourth-order valence-corrected chi connectivity index (χ4v) is 1.62. The number of aromatic nitrogens is 1. The summed E-state index contributed by atoms with van der Waals surface area (Å²) in [4.78, 5) is 15.9. The molecule has 0 aliphatic heterocycles. The number of hydrogen-bond donors (Lipinski definition) is 0. The highest BCUT2D eigenvalue weighted by molar-refractivity contribution is 9.10. The minimum Gasteiger partial charge on any atom is -0.336 e. The fraction of sp³-hybridized carbons (Fsp3) is 0.385. The Balaban J connectivity index is 3.19. The molecule has 1 rings (SSSR count). The lowest BCUT2D eigenvalue weighted by molar-refractivity contribution is -0.114. The molecule has 0 aliphatic rings. The average Bonchev–Trinajstić information content (AvgIpc) is 2.32. The molecule has 1 aromatic heterocycles. The number of carbonyl (C=O) groups excluding carboxylic acids is 1. The van der Waals surface area contributed by atoms with Crippen LogP contribution in [0.1, 0.15) is 26.7 Å². The standard InChI is InChI=1S/C13H17BrN2O/c1-4-11(9-12(17)5-2)15-13-8-10(14)6-7-16(13)3/h6-9H,4-5H2,1-3H3/b11-9+,15-13-. The lowest BCUT2D eigenvalue weighted by Gasteiger charge is -2.02. The summed E-state index contributed by atoms with van der Waals surface area (Å²) in [6.45, 7) is 3.85. The highest BCUT2D eigenvalue weighted by Crippen LogP contribution is 2.06.